The maximum absolute atomic E-state index is 3.89. The molecule has 0 radical (unpaired) electrons. The van der Waals surface area contributed by atoms with E-state index in [0.717, 1.165) is 32.0 Å². The van der Waals surface area contributed by atoms with Crippen LogP contribution in [-0.4, -0.2) is 19.1 Å². The Bertz CT molecular complexity index is 529. The molecule has 2 nitrogen and oxygen atoms in total. The first-order valence-electron chi connectivity index (χ1n) is 10.1. The second kappa shape index (κ2) is 8.82. The van der Waals surface area contributed by atoms with Crippen molar-refractivity contribution in [2.45, 2.75) is 76.3 Å². The van der Waals surface area contributed by atoms with Gasteiger partial charge in [-0.3, -0.25) is 0 Å². The SMILES string of the molecule is CCC1(NCCNC2CCCCCCC2)CC=Cc2ccccc21. The van der Waals surface area contributed by atoms with Crippen LogP contribution in [-0.2, 0) is 5.54 Å². The third kappa shape index (κ3) is 4.29. The Balaban J connectivity index is 1.52. The van der Waals surface area contributed by atoms with Gasteiger partial charge in [-0.15, -0.1) is 0 Å². The number of benzene rings is 1. The van der Waals surface area contributed by atoms with Crippen molar-refractivity contribution in [3.05, 3.63) is 41.5 Å². The number of hydrogen-bond donors (Lipinski definition) is 2. The first kappa shape index (κ1) is 17.7. The van der Waals surface area contributed by atoms with E-state index in [2.05, 4.69) is 54.0 Å². The zero-order valence-corrected chi connectivity index (χ0v) is 15.3. The van der Waals surface area contributed by atoms with Gasteiger partial charge in [0.25, 0.3) is 0 Å². The minimum Gasteiger partial charge on any atom is -0.313 e. The van der Waals surface area contributed by atoms with Crippen molar-refractivity contribution in [1.82, 2.24) is 10.6 Å². The van der Waals surface area contributed by atoms with Crippen LogP contribution in [0.4, 0.5) is 0 Å². The molecule has 2 N–H and O–H groups in total. The number of nitrogens with one attached hydrogen (secondary N) is 2. The summed E-state index contributed by atoms with van der Waals surface area (Å²) in [6.07, 6.45) is 16.7. The lowest BCUT2D eigenvalue weighted by atomic mass is 9.78. The molecule has 24 heavy (non-hydrogen) atoms. The van der Waals surface area contributed by atoms with E-state index < -0.39 is 0 Å². The highest BCUT2D eigenvalue weighted by atomic mass is 15.0. The molecule has 0 aromatic heterocycles. The number of rotatable bonds is 6. The van der Waals surface area contributed by atoms with Gasteiger partial charge in [0.05, 0.1) is 0 Å². The van der Waals surface area contributed by atoms with Crippen molar-refractivity contribution >= 4 is 6.08 Å². The summed E-state index contributed by atoms with van der Waals surface area (Å²) in [5, 5.41) is 7.71. The molecule has 0 bridgehead atoms. The molecule has 2 aliphatic rings. The average molecular weight is 327 g/mol. The van der Waals surface area contributed by atoms with E-state index in [9.17, 15) is 0 Å². The van der Waals surface area contributed by atoms with Crippen LogP contribution in [0.25, 0.3) is 6.08 Å². The molecule has 1 fully saturated rings. The number of hydrogen-bond acceptors (Lipinski definition) is 2. The zero-order valence-electron chi connectivity index (χ0n) is 15.3. The largest absolute Gasteiger partial charge is 0.313 e. The van der Waals surface area contributed by atoms with E-state index in [4.69, 9.17) is 0 Å². The quantitative estimate of drug-likeness (QED) is 0.719. The summed E-state index contributed by atoms with van der Waals surface area (Å²) < 4.78 is 0. The number of fused-ring (bicyclic) bond motifs is 1. The fourth-order valence-corrected chi connectivity index (χ4v) is 4.44. The predicted molar refractivity (Wildman–Crippen MR) is 104 cm³/mol. The summed E-state index contributed by atoms with van der Waals surface area (Å²) in [7, 11) is 0. The van der Waals surface area contributed by atoms with Gasteiger partial charge in [0.15, 0.2) is 0 Å². The molecule has 0 saturated heterocycles. The van der Waals surface area contributed by atoms with Gasteiger partial charge < -0.3 is 10.6 Å². The van der Waals surface area contributed by atoms with E-state index in [1.165, 1.54) is 56.1 Å². The van der Waals surface area contributed by atoms with Gasteiger partial charge >= 0.3 is 0 Å². The Morgan fingerprint density at radius 3 is 2.54 bits per heavy atom. The Hall–Kier alpha value is -1.12. The van der Waals surface area contributed by atoms with Gasteiger partial charge in [-0.25, -0.2) is 0 Å². The van der Waals surface area contributed by atoms with Gasteiger partial charge in [-0.05, 0) is 36.8 Å². The van der Waals surface area contributed by atoms with Crippen molar-refractivity contribution < 1.29 is 0 Å². The van der Waals surface area contributed by atoms with Gasteiger partial charge in [0.2, 0.25) is 0 Å². The van der Waals surface area contributed by atoms with Crippen LogP contribution in [0, 0.1) is 0 Å². The third-order valence-electron chi connectivity index (χ3n) is 5.97. The lowest BCUT2D eigenvalue weighted by Crippen LogP contribution is -2.46. The molecule has 1 aromatic carbocycles. The van der Waals surface area contributed by atoms with E-state index in [0.29, 0.717) is 0 Å². The van der Waals surface area contributed by atoms with Crippen LogP contribution < -0.4 is 10.6 Å². The smallest absolute Gasteiger partial charge is 0.0473 e. The molecule has 2 aliphatic carbocycles. The normalized spacial score (nSPS) is 25.0. The fourth-order valence-electron chi connectivity index (χ4n) is 4.44. The van der Waals surface area contributed by atoms with Crippen LogP contribution in [0.3, 0.4) is 0 Å². The molecule has 132 valence electrons. The fraction of sp³-hybridized carbons (Fsp3) is 0.636. The minimum absolute atomic E-state index is 0.119. The molecular weight excluding hydrogens is 292 g/mol. The molecule has 0 heterocycles. The monoisotopic (exact) mass is 326 g/mol. The molecule has 1 atom stereocenters. The van der Waals surface area contributed by atoms with Crippen molar-refractivity contribution in [3.8, 4) is 0 Å². The lowest BCUT2D eigenvalue weighted by molar-refractivity contribution is 0.310. The summed E-state index contributed by atoms with van der Waals surface area (Å²) in [6, 6.07) is 9.60. The van der Waals surface area contributed by atoms with Crippen molar-refractivity contribution in [2.24, 2.45) is 0 Å². The van der Waals surface area contributed by atoms with E-state index in [1.54, 1.807) is 0 Å². The second-order valence-electron chi connectivity index (χ2n) is 7.55. The van der Waals surface area contributed by atoms with Crippen LogP contribution in [0.5, 0.6) is 0 Å². The summed E-state index contributed by atoms with van der Waals surface area (Å²) >= 11 is 0. The molecule has 0 aliphatic heterocycles. The first-order chi connectivity index (χ1) is 11.8. The Kier molecular flexibility index (Phi) is 6.51. The van der Waals surface area contributed by atoms with Crippen molar-refractivity contribution in [3.63, 3.8) is 0 Å². The minimum atomic E-state index is 0.119. The maximum atomic E-state index is 3.89. The van der Waals surface area contributed by atoms with Crippen LogP contribution in [0.15, 0.2) is 30.3 Å². The van der Waals surface area contributed by atoms with E-state index in [1.807, 2.05) is 0 Å². The summed E-state index contributed by atoms with van der Waals surface area (Å²) in [4.78, 5) is 0. The summed E-state index contributed by atoms with van der Waals surface area (Å²) in [5.41, 5.74) is 2.97. The molecule has 1 aromatic rings. The lowest BCUT2D eigenvalue weighted by Gasteiger charge is -2.37. The topological polar surface area (TPSA) is 24.1 Å². The summed E-state index contributed by atoms with van der Waals surface area (Å²) in [5.74, 6) is 0. The molecular formula is C22H34N2. The van der Waals surface area contributed by atoms with Crippen molar-refractivity contribution in [1.29, 1.82) is 0 Å². The second-order valence-corrected chi connectivity index (χ2v) is 7.55. The van der Waals surface area contributed by atoms with Gasteiger partial charge in [0.1, 0.15) is 0 Å². The maximum Gasteiger partial charge on any atom is 0.0473 e. The molecule has 1 saturated carbocycles. The molecule has 0 amide bonds. The molecule has 1 unspecified atom stereocenters. The Morgan fingerprint density at radius 2 is 1.75 bits per heavy atom. The molecule has 0 spiro atoms. The standard InChI is InChI=1S/C22H34N2/c1-2-22(16-10-12-19-11-8-9-15-21(19)22)24-18-17-23-20-13-6-4-3-5-7-14-20/h8-12,15,20,23-24H,2-7,13-14,16-18H2,1H3. The summed E-state index contributed by atoms with van der Waals surface area (Å²) in [6.45, 7) is 4.44. The van der Waals surface area contributed by atoms with E-state index >= 15 is 0 Å². The van der Waals surface area contributed by atoms with Gasteiger partial charge in [-0.1, -0.05) is 75.4 Å². The third-order valence-corrected chi connectivity index (χ3v) is 5.97. The van der Waals surface area contributed by atoms with Crippen LogP contribution in [0.2, 0.25) is 0 Å². The average Bonchev–Trinajstić information content (AvgIpc) is 2.60. The van der Waals surface area contributed by atoms with E-state index in [-0.39, 0.29) is 5.54 Å². The zero-order chi connectivity index (χ0) is 16.7. The molecule has 2 heteroatoms. The molecule has 3 rings (SSSR count). The predicted octanol–water partition coefficient (Wildman–Crippen LogP) is 5.00. The highest BCUT2D eigenvalue weighted by Crippen LogP contribution is 2.36. The first-order valence-corrected chi connectivity index (χ1v) is 10.1. The highest BCUT2D eigenvalue weighted by molar-refractivity contribution is 5.59. The van der Waals surface area contributed by atoms with Crippen molar-refractivity contribution in [2.75, 3.05) is 13.1 Å². The Labute approximate surface area is 148 Å². The highest BCUT2D eigenvalue weighted by Gasteiger charge is 2.31. The Morgan fingerprint density at radius 1 is 1.00 bits per heavy atom. The van der Waals surface area contributed by atoms with Gasteiger partial charge in [-0.2, -0.15) is 0 Å². The van der Waals surface area contributed by atoms with Gasteiger partial charge in [0, 0.05) is 24.7 Å². The van der Waals surface area contributed by atoms with Crippen LogP contribution >= 0.6 is 0 Å². The van der Waals surface area contributed by atoms with Crippen LogP contribution in [0.1, 0.15) is 75.8 Å².